The van der Waals surface area contributed by atoms with Gasteiger partial charge in [-0.1, -0.05) is 0 Å². The molecular weight excluding hydrogens is 266 g/mol. The number of aliphatic carboxylic acids is 1. The second-order valence-corrected chi connectivity index (χ2v) is 5.42. The van der Waals surface area contributed by atoms with Crippen LogP contribution >= 0.6 is 0 Å². The monoisotopic (exact) mass is 285 g/mol. The Hall–Kier alpha value is -1.83. The van der Waals surface area contributed by atoms with Crippen molar-refractivity contribution in [2.45, 2.75) is 31.4 Å². The molecule has 0 aliphatic carbocycles. The smallest absolute Gasteiger partial charge is 0.329 e. The quantitative estimate of drug-likeness (QED) is 0.623. The molecule has 0 saturated carbocycles. The molecule has 8 nitrogen and oxygen atoms in total. The summed E-state index contributed by atoms with van der Waals surface area (Å²) < 4.78 is 5.22. The van der Waals surface area contributed by atoms with E-state index in [0.29, 0.717) is 26.1 Å². The number of nitrogens with zero attached hydrogens (tertiary/aromatic N) is 1. The number of likely N-dealkylation sites (tertiary alicyclic amines) is 1. The van der Waals surface area contributed by atoms with Crippen LogP contribution in [0.4, 0.5) is 4.79 Å². The number of carbonyl (C=O) groups is 3. The molecule has 2 aliphatic rings. The Labute approximate surface area is 116 Å². The lowest BCUT2D eigenvalue weighted by molar-refractivity contribution is -0.159. The molecule has 2 saturated heterocycles. The third-order valence-electron chi connectivity index (χ3n) is 3.46. The normalized spacial score (nSPS) is 24.6. The maximum atomic E-state index is 11.9. The van der Waals surface area contributed by atoms with E-state index in [1.165, 1.54) is 4.90 Å². The van der Waals surface area contributed by atoms with Crippen LogP contribution in [0.1, 0.15) is 19.8 Å². The Morgan fingerprint density at radius 2 is 2.25 bits per heavy atom. The van der Waals surface area contributed by atoms with E-state index >= 15 is 0 Å². The fraction of sp³-hybridized carbons (Fsp3) is 0.750. The van der Waals surface area contributed by atoms with Gasteiger partial charge in [-0.15, -0.1) is 0 Å². The van der Waals surface area contributed by atoms with Crippen molar-refractivity contribution >= 4 is 17.9 Å². The summed E-state index contributed by atoms with van der Waals surface area (Å²) in [5.41, 5.74) is -0.620. The summed E-state index contributed by atoms with van der Waals surface area (Å²) in [7, 11) is 0. The first kappa shape index (κ1) is 14.6. The molecule has 2 rings (SSSR count). The summed E-state index contributed by atoms with van der Waals surface area (Å²) in [6.45, 7) is 2.67. The third kappa shape index (κ3) is 3.38. The van der Waals surface area contributed by atoms with Gasteiger partial charge in [0.25, 0.3) is 0 Å². The van der Waals surface area contributed by atoms with E-state index in [1.807, 2.05) is 0 Å². The molecule has 0 radical (unpaired) electrons. The molecule has 2 heterocycles. The lowest BCUT2D eigenvalue weighted by atomic mass is 9.97. The first-order valence-corrected chi connectivity index (χ1v) is 6.58. The number of carboxylic acids is 1. The van der Waals surface area contributed by atoms with Crippen LogP contribution in [0.3, 0.4) is 0 Å². The number of carbonyl (C=O) groups excluding carboxylic acids is 2. The maximum Gasteiger partial charge on any atom is 0.329 e. The average molecular weight is 285 g/mol. The van der Waals surface area contributed by atoms with Crippen molar-refractivity contribution in [1.29, 1.82) is 0 Å². The standard InChI is InChI=1S/C12H19N3O5/c1-12(20-5-9(16)17)6-15(7-12)11(19)14-8-3-2-4-13-10(8)18/h8H,2-7H2,1H3,(H,13,18)(H,14,19)(H,16,17). The van der Waals surface area contributed by atoms with Crippen LogP contribution in [-0.4, -0.2) is 65.8 Å². The summed E-state index contributed by atoms with van der Waals surface area (Å²) in [6.07, 6.45) is 1.48. The number of nitrogens with one attached hydrogen (secondary N) is 2. The molecule has 0 spiro atoms. The van der Waals surface area contributed by atoms with Crippen molar-refractivity contribution in [3.05, 3.63) is 0 Å². The molecule has 0 aromatic carbocycles. The van der Waals surface area contributed by atoms with Crippen molar-refractivity contribution in [2.75, 3.05) is 26.2 Å². The second-order valence-electron chi connectivity index (χ2n) is 5.42. The minimum Gasteiger partial charge on any atom is -0.480 e. The van der Waals surface area contributed by atoms with E-state index in [0.717, 1.165) is 6.42 Å². The lowest BCUT2D eigenvalue weighted by Gasteiger charge is -2.47. The van der Waals surface area contributed by atoms with Gasteiger partial charge >= 0.3 is 12.0 Å². The Balaban J connectivity index is 1.75. The molecule has 2 aliphatic heterocycles. The predicted octanol–water partition coefficient (Wildman–Crippen LogP) is -0.850. The minimum absolute atomic E-state index is 0.157. The highest BCUT2D eigenvalue weighted by molar-refractivity contribution is 5.87. The number of urea groups is 1. The van der Waals surface area contributed by atoms with Crippen LogP contribution in [0.15, 0.2) is 0 Å². The minimum atomic E-state index is -1.03. The van der Waals surface area contributed by atoms with Crippen molar-refractivity contribution in [3.63, 3.8) is 0 Å². The van der Waals surface area contributed by atoms with E-state index in [9.17, 15) is 14.4 Å². The molecule has 3 amide bonds. The summed E-state index contributed by atoms with van der Waals surface area (Å²) in [4.78, 5) is 35.4. The van der Waals surface area contributed by atoms with Crippen LogP contribution in [0.25, 0.3) is 0 Å². The number of amides is 3. The molecule has 112 valence electrons. The number of ether oxygens (including phenoxy) is 1. The fourth-order valence-electron chi connectivity index (χ4n) is 2.38. The van der Waals surface area contributed by atoms with Crippen molar-refractivity contribution in [2.24, 2.45) is 0 Å². The maximum absolute atomic E-state index is 11.9. The lowest BCUT2D eigenvalue weighted by Crippen LogP contribution is -2.66. The second kappa shape index (κ2) is 5.66. The zero-order chi connectivity index (χ0) is 14.8. The van der Waals surface area contributed by atoms with Gasteiger partial charge in [-0.25, -0.2) is 9.59 Å². The van der Waals surface area contributed by atoms with Gasteiger partial charge in [0.15, 0.2) is 0 Å². The van der Waals surface area contributed by atoms with Gasteiger partial charge in [0, 0.05) is 6.54 Å². The van der Waals surface area contributed by atoms with E-state index in [-0.39, 0.29) is 18.5 Å². The molecular formula is C12H19N3O5. The molecule has 20 heavy (non-hydrogen) atoms. The first-order valence-electron chi connectivity index (χ1n) is 6.58. The highest BCUT2D eigenvalue weighted by Crippen LogP contribution is 2.24. The van der Waals surface area contributed by atoms with Crippen molar-refractivity contribution in [3.8, 4) is 0 Å². The Morgan fingerprint density at radius 3 is 2.85 bits per heavy atom. The van der Waals surface area contributed by atoms with Gasteiger partial charge in [-0.2, -0.15) is 0 Å². The molecule has 8 heteroatoms. The fourth-order valence-corrected chi connectivity index (χ4v) is 2.38. The number of piperidine rings is 1. The number of rotatable bonds is 4. The zero-order valence-corrected chi connectivity index (χ0v) is 11.3. The Kier molecular flexibility index (Phi) is 4.12. The number of hydrogen-bond acceptors (Lipinski definition) is 4. The van der Waals surface area contributed by atoms with Gasteiger partial charge in [0.1, 0.15) is 18.2 Å². The van der Waals surface area contributed by atoms with Gasteiger partial charge in [-0.3, -0.25) is 4.79 Å². The van der Waals surface area contributed by atoms with Crippen LogP contribution in [0.2, 0.25) is 0 Å². The number of carboxylic acid groups (broad SMARTS) is 1. The molecule has 1 unspecified atom stereocenters. The summed E-state index contributed by atoms with van der Waals surface area (Å²) in [5.74, 6) is -1.19. The largest absolute Gasteiger partial charge is 0.480 e. The van der Waals surface area contributed by atoms with Crippen molar-refractivity contribution < 1.29 is 24.2 Å². The number of hydrogen-bond donors (Lipinski definition) is 3. The molecule has 3 N–H and O–H groups in total. The Bertz CT molecular complexity index is 419. The van der Waals surface area contributed by atoms with E-state index in [1.54, 1.807) is 6.92 Å². The zero-order valence-electron chi connectivity index (χ0n) is 11.3. The van der Waals surface area contributed by atoms with Gasteiger partial charge < -0.3 is 25.4 Å². The Morgan fingerprint density at radius 1 is 1.55 bits per heavy atom. The van der Waals surface area contributed by atoms with Gasteiger partial charge in [0.2, 0.25) is 5.91 Å². The van der Waals surface area contributed by atoms with Gasteiger partial charge in [0.05, 0.1) is 13.1 Å². The predicted molar refractivity (Wildman–Crippen MR) is 68.1 cm³/mol. The van der Waals surface area contributed by atoms with Crippen LogP contribution in [0.5, 0.6) is 0 Å². The first-order chi connectivity index (χ1) is 9.39. The highest BCUT2D eigenvalue weighted by atomic mass is 16.5. The molecule has 0 bridgehead atoms. The van der Waals surface area contributed by atoms with E-state index < -0.39 is 17.6 Å². The summed E-state index contributed by atoms with van der Waals surface area (Å²) in [6, 6.07) is -0.800. The SMILES string of the molecule is CC1(OCC(=O)O)CN(C(=O)NC2CCCNC2=O)C1. The van der Waals surface area contributed by atoms with E-state index in [4.69, 9.17) is 9.84 Å². The summed E-state index contributed by atoms with van der Waals surface area (Å²) >= 11 is 0. The highest BCUT2D eigenvalue weighted by Gasteiger charge is 2.43. The summed E-state index contributed by atoms with van der Waals surface area (Å²) in [5, 5.41) is 13.9. The van der Waals surface area contributed by atoms with Gasteiger partial charge in [-0.05, 0) is 19.8 Å². The topological polar surface area (TPSA) is 108 Å². The van der Waals surface area contributed by atoms with Crippen LogP contribution < -0.4 is 10.6 Å². The van der Waals surface area contributed by atoms with E-state index in [2.05, 4.69) is 10.6 Å². The van der Waals surface area contributed by atoms with Crippen molar-refractivity contribution in [1.82, 2.24) is 15.5 Å². The average Bonchev–Trinajstić information content (AvgIpc) is 2.35. The molecule has 0 aromatic rings. The molecule has 2 fully saturated rings. The molecule has 0 aromatic heterocycles. The molecule has 1 atom stereocenters. The third-order valence-corrected chi connectivity index (χ3v) is 3.46. The van der Waals surface area contributed by atoms with Crippen LogP contribution in [-0.2, 0) is 14.3 Å². The van der Waals surface area contributed by atoms with Crippen LogP contribution in [0, 0.1) is 0 Å².